The number of hydrogen-bond donors (Lipinski definition) is 1. The van der Waals surface area contributed by atoms with Crippen molar-refractivity contribution in [3.8, 4) is 5.75 Å². The molecular formula is C17H22N2O. The molecule has 0 amide bonds. The number of nitrogens with one attached hydrogen (secondary N) is 1. The molecule has 0 bridgehead atoms. The molecule has 0 spiro atoms. The minimum atomic E-state index is 0.573. The van der Waals surface area contributed by atoms with E-state index in [1.165, 1.54) is 5.56 Å². The van der Waals surface area contributed by atoms with E-state index in [1.54, 1.807) is 12.4 Å². The van der Waals surface area contributed by atoms with E-state index in [0.29, 0.717) is 12.5 Å². The van der Waals surface area contributed by atoms with Gasteiger partial charge in [0.1, 0.15) is 12.4 Å². The van der Waals surface area contributed by atoms with Gasteiger partial charge in [-0.05, 0) is 36.2 Å². The predicted octanol–water partition coefficient (Wildman–Crippen LogP) is 3.41. The third-order valence-corrected chi connectivity index (χ3v) is 2.98. The maximum Gasteiger partial charge on any atom is 0.124 e. The second kappa shape index (κ2) is 7.65. The van der Waals surface area contributed by atoms with Crippen LogP contribution in [0.4, 0.5) is 0 Å². The molecule has 20 heavy (non-hydrogen) atoms. The lowest BCUT2D eigenvalue weighted by molar-refractivity contribution is 0.302. The minimum Gasteiger partial charge on any atom is -0.489 e. The van der Waals surface area contributed by atoms with Gasteiger partial charge in [-0.1, -0.05) is 32.0 Å². The summed E-state index contributed by atoms with van der Waals surface area (Å²) in [6, 6.07) is 12.1. The lowest BCUT2D eigenvalue weighted by Crippen LogP contribution is -2.19. The molecule has 0 fully saturated rings. The van der Waals surface area contributed by atoms with Crippen LogP contribution in [0.3, 0.4) is 0 Å². The van der Waals surface area contributed by atoms with Crippen molar-refractivity contribution < 1.29 is 4.74 Å². The predicted molar refractivity (Wildman–Crippen MR) is 81.6 cm³/mol. The smallest absolute Gasteiger partial charge is 0.124 e. The first kappa shape index (κ1) is 14.5. The third-order valence-electron chi connectivity index (χ3n) is 2.98. The van der Waals surface area contributed by atoms with E-state index >= 15 is 0 Å². The monoisotopic (exact) mass is 270 g/mol. The van der Waals surface area contributed by atoms with Gasteiger partial charge < -0.3 is 10.1 Å². The van der Waals surface area contributed by atoms with Gasteiger partial charge in [0.25, 0.3) is 0 Å². The van der Waals surface area contributed by atoms with Gasteiger partial charge in [-0.3, -0.25) is 4.98 Å². The molecule has 0 saturated carbocycles. The van der Waals surface area contributed by atoms with Gasteiger partial charge in [-0.2, -0.15) is 0 Å². The first-order chi connectivity index (χ1) is 9.75. The average Bonchev–Trinajstić information content (AvgIpc) is 2.47. The maximum absolute atomic E-state index is 5.91. The zero-order valence-corrected chi connectivity index (χ0v) is 12.2. The minimum absolute atomic E-state index is 0.573. The Kier molecular flexibility index (Phi) is 5.56. The van der Waals surface area contributed by atoms with E-state index < -0.39 is 0 Å². The summed E-state index contributed by atoms with van der Waals surface area (Å²) in [4.78, 5) is 4.01. The Morgan fingerprint density at radius 1 is 1.10 bits per heavy atom. The SMILES string of the molecule is CC(C)CNCc1ccccc1OCc1ccncc1. The van der Waals surface area contributed by atoms with Crippen molar-refractivity contribution in [3.05, 3.63) is 59.9 Å². The summed E-state index contributed by atoms with van der Waals surface area (Å²) < 4.78 is 5.91. The highest BCUT2D eigenvalue weighted by molar-refractivity contribution is 5.33. The van der Waals surface area contributed by atoms with Crippen LogP contribution in [0.25, 0.3) is 0 Å². The highest BCUT2D eigenvalue weighted by atomic mass is 16.5. The van der Waals surface area contributed by atoms with Crippen LogP contribution in [0, 0.1) is 5.92 Å². The van der Waals surface area contributed by atoms with Crippen molar-refractivity contribution >= 4 is 0 Å². The van der Waals surface area contributed by atoms with Gasteiger partial charge in [-0.25, -0.2) is 0 Å². The molecular weight excluding hydrogens is 248 g/mol. The summed E-state index contributed by atoms with van der Waals surface area (Å²) in [5.74, 6) is 1.60. The van der Waals surface area contributed by atoms with Crippen LogP contribution in [-0.2, 0) is 13.2 Å². The molecule has 2 rings (SSSR count). The molecule has 0 aliphatic heterocycles. The largest absolute Gasteiger partial charge is 0.489 e. The van der Waals surface area contributed by atoms with Gasteiger partial charge >= 0.3 is 0 Å². The van der Waals surface area contributed by atoms with Crippen molar-refractivity contribution in [2.75, 3.05) is 6.54 Å². The van der Waals surface area contributed by atoms with Gasteiger partial charge in [0.15, 0.2) is 0 Å². The van der Waals surface area contributed by atoms with E-state index in [2.05, 4.69) is 30.2 Å². The first-order valence-corrected chi connectivity index (χ1v) is 7.06. The second-order valence-corrected chi connectivity index (χ2v) is 5.28. The van der Waals surface area contributed by atoms with Crippen molar-refractivity contribution in [3.63, 3.8) is 0 Å². The summed E-state index contributed by atoms with van der Waals surface area (Å²) >= 11 is 0. The zero-order valence-electron chi connectivity index (χ0n) is 12.2. The molecule has 3 nitrogen and oxygen atoms in total. The van der Waals surface area contributed by atoms with Gasteiger partial charge in [0.2, 0.25) is 0 Å². The number of ether oxygens (including phenoxy) is 1. The number of nitrogens with zero attached hydrogens (tertiary/aromatic N) is 1. The molecule has 0 unspecified atom stereocenters. The molecule has 2 aromatic rings. The third kappa shape index (κ3) is 4.67. The second-order valence-electron chi connectivity index (χ2n) is 5.28. The van der Waals surface area contributed by atoms with Crippen LogP contribution in [0.15, 0.2) is 48.8 Å². The van der Waals surface area contributed by atoms with Crippen molar-refractivity contribution in [2.24, 2.45) is 5.92 Å². The van der Waals surface area contributed by atoms with Crippen molar-refractivity contribution in [2.45, 2.75) is 27.0 Å². The van der Waals surface area contributed by atoms with Crippen LogP contribution in [0.1, 0.15) is 25.0 Å². The van der Waals surface area contributed by atoms with E-state index in [9.17, 15) is 0 Å². The molecule has 0 aliphatic carbocycles. The molecule has 0 atom stereocenters. The van der Waals surface area contributed by atoms with Crippen LogP contribution in [-0.4, -0.2) is 11.5 Å². The van der Waals surface area contributed by atoms with Crippen LogP contribution < -0.4 is 10.1 Å². The van der Waals surface area contributed by atoms with E-state index in [4.69, 9.17) is 4.74 Å². The normalized spacial score (nSPS) is 10.8. The van der Waals surface area contributed by atoms with Gasteiger partial charge in [0.05, 0.1) is 0 Å². The Labute approximate surface area is 121 Å². The molecule has 1 heterocycles. The average molecular weight is 270 g/mol. The molecule has 0 aliphatic rings. The zero-order chi connectivity index (χ0) is 14.2. The number of hydrogen-bond acceptors (Lipinski definition) is 3. The fourth-order valence-electron chi connectivity index (χ4n) is 1.93. The molecule has 3 heteroatoms. The Morgan fingerprint density at radius 3 is 2.60 bits per heavy atom. The van der Waals surface area contributed by atoms with Crippen LogP contribution in [0.2, 0.25) is 0 Å². The quantitative estimate of drug-likeness (QED) is 0.837. The van der Waals surface area contributed by atoms with Crippen LogP contribution in [0.5, 0.6) is 5.75 Å². The molecule has 1 aromatic carbocycles. The van der Waals surface area contributed by atoms with Crippen LogP contribution >= 0.6 is 0 Å². The lowest BCUT2D eigenvalue weighted by atomic mass is 10.2. The summed E-state index contributed by atoms with van der Waals surface area (Å²) in [7, 11) is 0. The lowest BCUT2D eigenvalue weighted by Gasteiger charge is -2.13. The van der Waals surface area contributed by atoms with Gasteiger partial charge in [0, 0.05) is 24.5 Å². The number of rotatable bonds is 7. The highest BCUT2D eigenvalue weighted by Crippen LogP contribution is 2.19. The van der Waals surface area contributed by atoms with E-state index in [-0.39, 0.29) is 0 Å². The molecule has 0 radical (unpaired) electrons. The summed E-state index contributed by atoms with van der Waals surface area (Å²) in [5, 5.41) is 3.45. The summed E-state index contributed by atoms with van der Waals surface area (Å²) in [5.41, 5.74) is 2.33. The Balaban J connectivity index is 1.93. The van der Waals surface area contributed by atoms with E-state index in [1.807, 2.05) is 30.3 Å². The maximum atomic E-state index is 5.91. The first-order valence-electron chi connectivity index (χ1n) is 7.06. The molecule has 0 saturated heterocycles. The Bertz CT molecular complexity index is 511. The molecule has 1 N–H and O–H groups in total. The highest BCUT2D eigenvalue weighted by Gasteiger charge is 2.03. The number of para-hydroxylation sites is 1. The topological polar surface area (TPSA) is 34.1 Å². The number of benzene rings is 1. The fraction of sp³-hybridized carbons (Fsp3) is 0.353. The standard InChI is InChI=1S/C17H22N2O/c1-14(2)11-19-12-16-5-3-4-6-17(16)20-13-15-7-9-18-10-8-15/h3-10,14,19H,11-13H2,1-2H3. The molecule has 1 aromatic heterocycles. The summed E-state index contributed by atoms with van der Waals surface area (Å²) in [6.07, 6.45) is 3.57. The summed E-state index contributed by atoms with van der Waals surface area (Å²) in [6.45, 7) is 6.84. The Morgan fingerprint density at radius 2 is 1.85 bits per heavy atom. The number of aromatic nitrogens is 1. The molecule has 106 valence electrons. The van der Waals surface area contributed by atoms with E-state index in [0.717, 1.165) is 24.4 Å². The number of pyridine rings is 1. The van der Waals surface area contributed by atoms with Gasteiger partial charge in [-0.15, -0.1) is 0 Å². The van der Waals surface area contributed by atoms with Crippen molar-refractivity contribution in [1.29, 1.82) is 0 Å². The fourth-order valence-corrected chi connectivity index (χ4v) is 1.93. The van der Waals surface area contributed by atoms with Crippen molar-refractivity contribution in [1.82, 2.24) is 10.3 Å². The Hall–Kier alpha value is -1.87.